The molecule has 0 saturated carbocycles. The van der Waals surface area contributed by atoms with Gasteiger partial charge in [-0.05, 0) is 48.9 Å². The second-order valence-corrected chi connectivity index (χ2v) is 4.81. The van der Waals surface area contributed by atoms with E-state index in [1.165, 1.54) is 24.7 Å². The lowest BCUT2D eigenvalue weighted by Gasteiger charge is -2.13. The van der Waals surface area contributed by atoms with Crippen molar-refractivity contribution in [2.75, 3.05) is 12.4 Å². The lowest BCUT2D eigenvalue weighted by atomic mass is 10.1. The third-order valence-electron chi connectivity index (χ3n) is 3.58. The van der Waals surface area contributed by atoms with Crippen molar-refractivity contribution in [2.24, 2.45) is 5.92 Å². The van der Waals surface area contributed by atoms with Crippen LogP contribution < -0.4 is 5.32 Å². The molecule has 0 fully saturated rings. The average Bonchev–Trinajstić information content (AvgIpc) is 2.86. The molecular weight excluding hydrogens is 242 g/mol. The van der Waals surface area contributed by atoms with Gasteiger partial charge in [0.25, 0.3) is 0 Å². The molecule has 1 aliphatic carbocycles. The molecule has 1 unspecified atom stereocenters. The molecule has 1 aliphatic rings. The van der Waals surface area contributed by atoms with Gasteiger partial charge in [-0.2, -0.15) is 0 Å². The second-order valence-electron chi connectivity index (χ2n) is 4.81. The van der Waals surface area contributed by atoms with Crippen molar-refractivity contribution in [3.8, 4) is 0 Å². The fourth-order valence-corrected chi connectivity index (χ4v) is 2.48. The summed E-state index contributed by atoms with van der Waals surface area (Å²) < 4.78 is 4.64. The van der Waals surface area contributed by atoms with Crippen LogP contribution in [0.25, 0.3) is 0 Å². The van der Waals surface area contributed by atoms with E-state index < -0.39 is 11.9 Å². The number of anilines is 1. The van der Waals surface area contributed by atoms with Crippen molar-refractivity contribution in [3.05, 3.63) is 29.3 Å². The van der Waals surface area contributed by atoms with Crippen LogP contribution >= 0.6 is 0 Å². The van der Waals surface area contributed by atoms with Crippen molar-refractivity contribution in [2.45, 2.75) is 32.6 Å². The van der Waals surface area contributed by atoms with Crippen LogP contribution in [0.15, 0.2) is 18.2 Å². The monoisotopic (exact) mass is 261 g/mol. The van der Waals surface area contributed by atoms with E-state index in [2.05, 4.69) is 16.1 Å². The molecule has 0 aliphatic heterocycles. The van der Waals surface area contributed by atoms with Gasteiger partial charge in [-0.1, -0.05) is 13.0 Å². The fourth-order valence-electron chi connectivity index (χ4n) is 2.48. The number of hydrogen-bond acceptors (Lipinski definition) is 3. The quantitative estimate of drug-likeness (QED) is 0.668. The summed E-state index contributed by atoms with van der Waals surface area (Å²) in [5.74, 6) is -1.52. The van der Waals surface area contributed by atoms with E-state index in [-0.39, 0.29) is 5.91 Å². The first-order valence-electron chi connectivity index (χ1n) is 6.66. The summed E-state index contributed by atoms with van der Waals surface area (Å²) in [4.78, 5) is 23.5. The number of amides is 1. The van der Waals surface area contributed by atoms with Crippen LogP contribution in [-0.4, -0.2) is 19.0 Å². The summed E-state index contributed by atoms with van der Waals surface area (Å²) in [6.45, 7) is 1.80. The Balaban J connectivity index is 2.08. The van der Waals surface area contributed by atoms with Crippen molar-refractivity contribution in [3.63, 3.8) is 0 Å². The van der Waals surface area contributed by atoms with Crippen molar-refractivity contribution in [1.82, 2.24) is 0 Å². The molecule has 0 heterocycles. The molecule has 0 bridgehead atoms. The Labute approximate surface area is 113 Å². The number of nitrogens with one attached hydrogen (secondary N) is 1. The maximum atomic E-state index is 12.0. The minimum Gasteiger partial charge on any atom is -0.468 e. The standard InChI is InChI=1S/C15H19NO3/c1-3-13(15(18)19-2)14(17)16-12-8-7-10-5-4-6-11(10)9-12/h7-9,13H,3-6H2,1-2H3,(H,16,17). The Bertz CT molecular complexity index is 496. The molecule has 1 atom stereocenters. The lowest BCUT2D eigenvalue weighted by Crippen LogP contribution is -2.30. The SMILES string of the molecule is CCC(C(=O)Nc1ccc2c(c1)CCC2)C(=O)OC. The van der Waals surface area contributed by atoms with Crippen LogP contribution in [0.2, 0.25) is 0 Å². The van der Waals surface area contributed by atoms with Gasteiger partial charge >= 0.3 is 5.97 Å². The van der Waals surface area contributed by atoms with E-state index in [9.17, 15) is 9.59 Å². The smallest absolute Gasteiger partial charge is 0.318 e. The van der Waals surface area contributed by atoms with E-state index in [4.69, 9.17) is 0 Å². The van der Waals surface area contributed by atoms with Gasteiger partial charge in [0, 0.05) is 5.69 Å². The van der Waals surface area contributed by atoms with Gasteiger partial charge in [-0.15, -0.1) is 0 Å². The molecule has 4 nitrogen and oxygen atoms in total. The predicted molar refractivity (Wildman–Crippen MR) is 72.9 cm³/mol. The van der Waals surface area contributed by atoms with Crippen LogP contribution in [0, 0.1) is 5.92 Å². The number of carbonyl (C=O) groups excluding carboxylic acids is 2. The van der Waals surface area contributed by atoms with Gasteiger partial charge in [0.2, 0.25) is 5.91 Å². The molecule has 4 heteroatoms. The number of rotatable bonds is 4. The Morgan fingerprint density at radius 1 is 1.32 bits per heavy atom. The summed E-state index contributed by atoms with van der Waals surface area (Å²) >= 11 is 0. The van der Waals surface area contributed by atoms with Gasteiger partial charge in [0.1, 0.15) is 5.92 Å². The molecule has 1 N–H and O–H groups in total. The second kappa shape index (κ2) is 5.87. The van der Waals surface area contributed by atoms with Crippen LogP contribution in [0.4, 0.5) is 5.69 Å². The third-order valence-corrected chi connectivity index (χ3v) is 3.58. The third kappa shape index (κ3) is 2.95. The molecule has 1 aromatic carbocycles. The first-order valence-corrected chi connectivity index (χ1v) is 6.66. The number of methoxy groups -OCH3 is 1. The van der Waals surface area contributed by atoms with Gasteiger partial charge < -0.3 is 10.1 Å². The van der Waals surface area contributed by atoms with Gasteiger partial charge in [-0.3, -0.25) is 9.59 Å². The number of fused-ring (bicyclic) bond motifs is 1. The summed E-state index contributed by atoms with van der Waals surface area (Å²) in [5, 5.41) is 2.80. The zero-order valence-electron chi connectivity index (χ0n) is 11.4. The highest BCUT2D eigenvalue weighted by molar-refractivity contribution is 6.04. The van der Waals surface area contributed by atoms with Crippen molar-refractivity contribution < 1.29 is 14.3 Å². The molecule has 102 valence electrons. The zero-order chi connectivity index (χ0) is 13.8. The zero-order valence-corrected chi connectivity index (χ0v) is 11.4. The average molecular weight is 261 g/mol. The Hall–Kier alpha value is -1.84. The van der Waals surface area contributed by atoms with Gasteiger partial charge in [-0.25, -0.2) is 0 Å². The highest BCUT2D eigenvalue weighted by atomic mass is 16.5. The Morgan fingerprint density at radius 3 is 2.74 bits per heavy atom. The molecule has 1 amide bonds. The molecule has 1 aromatic rings. The molecule has 19 heavy (non-hydrogen) atoms. The summed E-state index contributed by atoms with van der Waals surface area (Å²) in [6, 6.07) is 5.95. The van der Waals surface area contributed by atoms with Crippen molar-refractivity contribution in [1.29, 1.82) is 0 Å². The normalized spacial score (nSPS) is 14.6. The minimum absolute atomic E-state index is 0.299. The maximum absolute atomic E-state index is 12.0. The Morgan fingerprint density at radius 2 is 2.05 bits per heavy atom. The van der Waals surface area contributed by atoms with Crippen LogP contribution in [0.1, 0.15) is 30.9 Å². The summed E-state index contributed by atoms with van der Waals surface area (Å²) in [6.07, 6.45) is 3.78. The minimum atomic E-state index is -0.738. The molecule has 0 spiro atoms. The van der Waals surface area contributed by atoms with E-state index in [0.717, 1.165) is 18.5 Å². The van der Waals surface area contributed by atoms with E-state index >= 15 is 0 Å². The number of carbonyl (C=O) groups is 2. The van der Waals surface area contributed by atoms with Crippen LogP contribution in [0.3, 0.4) is 0 Å². The molecular formula is C15H19NO3. The number of hydrogen-bond donors (Lipinski definition) is 1. The lowest BCUT2D eigenvalue weighted by molar-refractivity contribution is -0.148. The largest absolute Gasteiger partial charge is 0.468 e. The van der Waals surface area contributed by atoms with Crippen LogP contribution in [0.5, 0.6) is 0 Å². The molecule has 2 rings (SSSR count). The maximum Gasteiger partial charge on any atom is 0.318 e. The highest BCUT2D eigenvalue weighted by Crippen LogP contribution is 2.25. The van der Waals surface area contributed by atoms with Crippen molar-refractivity contribution >= 4 is 17.6 Å². The number of esters is 1. The topological polar surface area (TPSA) is 55.4 Å². The van der Waals surface area contributed by atoms with E-state index in [1.807, 2.05) is 12.1 Å². The number of aryl methyl sites for hydroxylation is 2. The fraction of sp³-hybridized carbons (Fsp3) is 0.467. The van der Waals surface area contributed by atoms with Gasteiger partial charge in [0.15, 0.2) is 0 Å². The summed E-state index contributed by atoms with van der Waals surface area (Å²) in [5.41, 5.74) is 3.41. The van der Waals surface area contributed by atoms with E-state index in [1.54, 1.807) is 6.92 Å². The number of benzene rings is 1. The van der Waals surface area contributed by atoms with Crippen LogP contribution in [-0.2, 0) is 27.2 Å². The number of ether oxygens (including phenoxy) is 1. The Kier molecular flexibility index (Phi) is 4.20. The molecule has 0 aromatic heterocycles. The predicted octanol–water partition coefficient (Wildman–Crippen LogP) is 2.31. The van der Waals surface area contributed by atoms with Gasteiger partial charge in [0.05, 0.1) is 7.11 Å². The first kappa shape index (κ1) is 13.6. The summed E-state index contributed by atoms with van der Waals surface area (Å²) in [7, 11) is 1.30. The molecule has 0 radical (unpaired) electrons. The highest BCUT2D eigenvalue weighted by Gasteiger charge is 2.25. The molecule has 0 saturated heterocycles. The first-order chi connectivity index (χ1) is 9.15. The van der Waals surface area contributed by atoms with E-state index in [0.29, 0.717) is 6.42 Å².